The Balaban J connectivity index is 2.10. The summed E-state index contributed by atoms with van der Waals surface area (Å²) in [4.78, 5) is 19.4. The lowest BCUT2D eigenvalue weighted by Gasteiger charge is -2.06. The van der Waals surface area contributed by atoms with Gasteiger partial charge in [-0.15, -0.1) is 0 Å². The second-order valence-corrected chi connectivity index (χ2v) is 4.62. The molecule has 0 spiro atoms. The maximum atomic E-state index is 13.9. The van der Waals surface area contributed by atoms with E-state index in [1.54, 1.807) is 31.2 Å². The molecular formula is C15H11FN4O2. The second-order valence-electron chi connectivity index (χ2n) is 4.62. The fourth-order valence-electron chi connectivity index (χ4n) is 2.00. The lowest BCUT2D eigenvalue weighted by molar-refractivity contribution is 0.0690. The van der Waals surface area contributed by atoms with Crippen molar-refractivity contribution < 1.29 is 14.3 Å². The minimum absolute atomic E-state index is 0.0938. The quantitative estimate of drug-likeness (QED) is 0.803. The van der Waals surface area contributed by atoms with E-state index in [1.807, 2.05) is 0 Å². The van der Waals surface area contributed by atoms with Crippen LogP contribution in [0.5, 0.6) is 0 Å². The van der Waals surface area contributed by atoms with Gasteiger partial charge in [0.15, 0.2) is 17.3 Å². The Morgan fingerprint density at radius 3 is 2.68 bits per heavy atom. The summed E-state index contributed by atoms with van der Waals surface area (Å²) in [5.41, 5.74) is 0.803. The molecule has 3 rings (SSSR count). The molecule has 2 aromatic heterocycles. The fraction of sp³-hybridized carbons (Fsp3) is 0.0667. The molecule has 1 N–H and O–H groups in total. The van der Waals surface area contributed by atoms with E-state index < -0.39 is 11.8 Å². The van der Waals surface area contributed by atoms with E-state index in [1.165, 1.54) is 23.0 Å². The highest BCUT2D eigenvalue weighted by Gasteiger charge is 2.12. The van der Waals surface area contributed by atoms with Gasteiger partial charge in [-0.1, -0.05) is 12.1 Å². The molecular weight excluding hydrogens is 287 g/mol. The topological polar surface area (TPSA) is 80.9 Å². The summed E-state index contributed by atoms with van der Waals surface area (Å²) < 4.78 is 15.2. The first-order valence-corrected chi connectivity index (χ1v) is 6.44. The molecule has 0 aliphatic rings. The molecule has 0 saturated heterocycles. The molecule has 0 bridgehead atoms. The van der Waals surface area contributed by atoms with Gasteiger partial charge in [-0.25, -0.2) is 23.8 Å². The number of aromatic nitrogens is 4. The Morgan fingerprint density at radius 1 is 1.23 bits per heavy atom. The number of aromatic carboxylic acids is 1. The zero-order valence-corrected chi connectivity index (χ0v) is 11.6. The minimum Gasteiger partial charge on any atom is -0.476 e. The van der Waals surface area contributed by atoms with Gasteiger partial charge in [0, 0.05) is 18.0 Å². The monoisotopic (exact) mass is 298 g/mol. The van der Waals surface area contributed by atoms with Crippen molar-refractivity contribution in [2.45, 2.75) is 6.92 Å². The van der Waals surface area contributed by atoms with Gasteiger partial charge in [-0.2, -0.15) is 5.10 Å². The molecule has 2 heterocycles. The predicted octanol–water partition coefficient (Wildman–Crippen LogP) is 2.48. The third-order valence-electron chi connectivity index (χ3n) is 3.00. The van der Waals surface area contributed by atoms with Gasteiger partial charge in [0.05, 0.1) is 5.56 Å². The molecule has 0 atom stereocenters. The van der Waals surface area contributed by atoms with Crippen LogP contribution in [0.2, 0.25) is 0 Å². The van der Waals surface area contributed by atoms with E-state index in [0.29, 0.717) is 11.5 Å². The standard InChI is InChI=1S/C15H11FN4O2/c1-9-8-13(20-7-6-12(19-20)15(21)22)18-14(17-9)10-4-2-3-5-11(10)16/h2-8H,1H3,(H,21,22). The molecule has 7 heteroatoms. The van der Waals surface area contributed by atoms with Crippen LogP contribution < -0.4 is 0 Å². The molecule has 1 aromatic carbocycles. The number of benzene rings is 1. The highest BCUT2D eigenvalue weighted by Crippen LogP contribution is 2.20. The predicted molar refractivity (Wildman–Crippen MR) is 76.2 cm³/mol. The number of carboxylic acids is 1. The van der Waals surface area contributed by atoms with Gasteiger partial charge < -0.3 is 5.11 Å². The first-order chi connectivity index (χ1) is 10.5. The van der Waals surface area contributed by atoms with Crippen molar-refractivity contribution in [3.63, 3.8) is 0 Å². The van der Waals surface area contributed by atoms with Gasteiger partial charge in [0.1, 0.15) is 5.82 Å². The van der Waals surface area contributed by atoms with Crippen LogP contribution in [0.1, 0.15) is 16.2 Å². The van der Waals surface area contributed by atoms with E-state index in [2.05, 4.69) is 15.1 Å². The molecule has 3 aromatic rings. The molecule has 0 fully saturated rings. The molecule has 0 radical (unpaired) electrons. The van der Waals surface area contributed by atoms with Crippen LogP contribution in [-0.2, 0) is 0 Å². The van der Waals surface area contributed by atoms with Crippen molar-refractivity contribution in [3.05, 3.63) is 59.8 Å². The number of nitrogens with zero attached hydrogens (tertiary/aromatic N) is 4. The van der Waals surface area contributed by atoms with Crippen molar-refractivity contribution in [2.75, 3.05) is 0 Å². The Hall–Kier alpha value is -3.09. The Kier molecular flexibility index (Phi) is 3.38. The summed E-state index contributed by atoms with van der Waals surface area (Å²) in [5.74, 6) is -0.955. The van der Waals surface area contributed by atoms with Gasteiger partial charge in [-0.05, 0) is 25.1 Å². The average molecular weight is 298 g/mol. The number of hydrogen-bond acceptors (Lipinski definition) is 4. The number of aryl methyl sites for hydroxylation is 1. The van der Waals surface area contributed by atoms with Gasteiger partial charge in [0.2, 0.25) is 0 Å². The molecule has 22 heavy (non-hydrogen) atoms. The van der Waals surface area contributed by atoms with Gasteiger partial charge in [0.25, 0.3) is 0 Å². The van der Waals surface area contributed by atoms with E-state index >= 15 is 0 Å². The molecule has 110 valence electrons. The van der Waals surface area contributed by atoms with Gasteiger partial charge >= 0.3 is 5.97 Å². The second kappa shape index (κ2) is 5.36. The van der Waals surface area contributed by atoms with Crippen molar-refractivity contribution >= 4 is 5.97 Å². The lowest BCUT2D eigenvalue weighted by atomic mass is 10.2. The molecule has 6 nitrogen and oxygen atoms in total. The number of halogens is 1. The van der Waals surface area contributed by atoms with Crippen molar-refractivity contribution in [1.82, 2.24) is 19.7 Å². The van der Waals surface area contributed by atoms with Crippen molar-refractivity contribution in [2.24, 2.45) is 0 Å². The zero-order valence-electron chi connectivity index (χ0n) is 11.6. The summed E-state index contributed by atoms with van der Waals surface area (Å²) in [5, 5.41) is 12.8. The molecule has 0 aliphatic heterocycles. The van der Waals surface area contributed by atoms with Crippen LogP contribution in [0.4, 0.5) is 4.39 Å². The summed E-state index contributed by atoms with van der Waals surface area (Å²) in [7, 11) is 0. The SMILES string of the molecule is Cc1cc(-n2ccc(C(=O)O)n2)nc(-c2ccccc2F)n1. The third-order valence-corrected chi connectivity index (χ3v) is 3.00. The zero-order chi connectivity index (χ0) is 15.7. The summed E-state index contributed by atoms with van der Waals surface area (Å²) >= 11 is 0. The normalized spacial score (nSPS) is 10.6. The number of carboxylic acid groups (broad SMARTS) is 1. The average Bonchev–Trinajstić information content (AvgIpc) is 2.97. The van der Waals surface area contributed by atoms with Crippen LogP contribution in [0.15, 0.2) is 42.6 Å². The van der Waals surface area contributed by atoms with E-state index in [9.17, 15) is 9.18 Å². The number of carbonyl (C=O) groups is 1. The number of rotatable bonds is 3. The van der Waals surface area contributed by atoms with Crippen LogP contribution in [0.25, 0.3) is 17.2 Å². The third kappa shape index (κ3) is 2.56. The smallest absolute Gasteiger partial charge is 0.356 e. The van der Waals surface area contributed by atoms with Crippen LogP contribution in [0, 0.1) is 12.7 Å². The maximum Gasteiger partial charge on any atom is 0.356 e. The van der Waals surface area contributed by atoms with Crippen LogP contribution >= 0.6 is 0 Å². The first kappa shape index (κ1) is 13.9. The number of hydrogen-bond donors (Lipinski definition) is 1. The van der Waals surface area contributed by atoms with Crippen LogP contribution in [0.3, 0.4) is 0 Å². The summed E-state index contributed by atoms with van der Waals surface area (Å²) in [6.07, 6.45) is 1.48. The molecule has 0 saturated carbocycles. The lowest BCUT2D eigenvalue weighted by Crippen LogP contribution is -2.05. The summed E-state index contributed by atoms with van der Waals surface area (Å²) in [6, 6.07) is 9.20. The molecule has 0 unspecified atom stereocenters. The maximum absolute atomic E-state index is 13.9. The van der Waals surface area contributed by atoms with E-state index in [4.69, 9.17) is 5.11 Å². The minimum atomic E-state index is -1.13. The van der Waals surface area contributed by atoms with Crippen LogP contribution in [-0.4, -0.2) is 30.8 Å². The van der Waals surface area contributed by atoms with Crippen molar-refractivity contribution in [1.29, 1.82) is 0 Å². The molecule has 0 amide bonds. The fourth-order valence-corrected chi connectivity index (χ4v) is 2.00. The largest absolute Gasteiger partial charge is 0.476 e. The molecule has 0 aliphatic carbocycles. The highest BCUT2D eigenvalue weighted by atomic mass is 19.1. The first-order valence-electron chi connectivity index (χ1n) is 6.44. The Bertz CT molecular complexity index is 860. The Morgan fingerprint density at radius 2 is 2.00 bits per heavy atom. The summed E-state index contributed by atoms with van der Waals surface area (Å²) in [6.45, 7) is 1.75. The van der Waals surface area contributed by atoms with Gasteiger partial charge in [-0.3, -0.25) is 0 Å². The van der Waals surface area contributed by atoms with E-state index in [0.717, 1.165) is 0 Å². The highest BCUT2D eigenvalue weighted by molar-refractivity contribution is 5.85. The van der Waals surface area contributed by atoms with Crippen molar-refractivity contribution in [3.8, 4) is 17.2 Å². The van der Waals surface area contributed by atoms with E-state index in [-0.39, 0.29) is 17.1 Å². The Labute approximate surface area is 124 Å².